The van der Waals surface area contributed by atoms with Crippen LogP contribution in [0.15, 0.2) is 39.9 Å². The molecule has 2 aromatic rings. The molecule has 156 valence electrons. The van der Waals surface area contributed by atoms with E-state index in [0.717, 1.165) is 10.1 Å². The van der Waals surface area contributed by atoms with Crippen LogP contribution in [0.2, 0.25) is 0 Å². The minimum atomic E-state index is -0.627. The fourth-order valence-electron chi connectivity index (χ4n) is 3.63. The second-order valence-corrected chi connectivity index (χ2v) is 7.51. The number of carbonyl (C=O) groups excluding carboxylic acids is 1. The number of rotatable bonds is 6. The van der Waals surface area contributed by atoms with E-state index in [1.54, 1.807) is 6.92 Å². The monoisotopic (exact) mass is 400 g/mol. The molecule has 2 atom stereocenters. The number of aromatic nitrogens is 2. The molecule has 29 heavy (non-hydrogen) atoms. The zero-order chi connectivity index (χ0) is 21.1. The molecule has 1 aliphatic heterocycles. The van der Waals surface area contributed by atoms with Gasteiger partial charge in [0.1, 0.15) is 11.4 Å². The number of Topliss-reactive ketones (excluding diaryl/α,β-unsaturated/α-hetero) is 1. The molecule has 1 aliphatic rings. The lowest BCUT2D eigenvalue weighted by Crippen LogP contribution is -2.50. The van der Waals surface area contributed by atoms with E-state index in [9.17, 15) is 14.4 Å². The van der Waals surface area contributed by atoms with Crippen LogP contribution < -0.4 is 17.0 Å². The Balaban J connectivity index is 2.01. The van der Waals surface area contributed by atoms with Crippen LogP contribution in [0.25, 0.3) is 0 Å². The first kappa shape index (κ1) is 21.0. The average Bonchev–Trinajstić information content (AvgIpc) is 2.69. The predicted octanol–water partition coefficient (Wildman–Crippen LogP) is 0.952. The zero-order valence-electron chi connectivity index (χ0n) is 17.1. The standard InChI is InChI=1S/C21H28N4O4/c1-4-24-20(27)18(17(26)12-23-10-15(3)29-13-14(23)2)19(22)25(21(24)28)11-16-8-6-5-7-9-16/h5-9,14-15H,4,10-13,22H2,1-3H3. The highest BCUT2D eigenvalue weighted by molar-refractivity contribution is 6.01. The molecule has 8 heteroatoms. The molecule has 0 amide bonds. The van der Waals surface area contributed by atoms with E-state index >= 15 is 0 Å². The van der Waals surface area contributed by atoms with Crippen LogP contribution in [0.4, 0.5) is 5.82 Å². The number of benzene rings is 1. The van der Waals surface area contributed by atoms with Crippen LogP contribution in [0, 0.1) is 0 Å². The average molecular weight is 400 g/mol. The van der Waals surface area contributed by atoms with Gasteiger partial charge in [-0.25, -0.2) is 4.79 Å². The second kappa shape index (κ2) is 8.75. The summed E-state index contributed by atoms with van der Waals surface area (Å²) in [5, 5.41) is 0. The number of carbonyl (C=O) groups is 1. The lowest BCUT2D eigenvalue weighted by molar-refractivity contribution is -0.0460. The molecule has 0 radical (unpaired) electrons. The lowest BCUT2D eigenvalue weighted by atomic mass is 10.1. The van der Waals surface area contributed by atoms with Gasteiger partial charge in [0.25, 0.3) is 5.56 Å². The summed E-state index contributed by atoms with van der Waals surface area (Å²) in [4.78, 5) is 40.8. The van der Waals surface area contributed by atoms with Gasteiger partial charge in [-0.2, -0.15) is 0 Å². The quantitative estimate of drug-likeness (QED) is 0.725. The van der Waals surface area contributed by atoms with Crippen LogP contribution in [-0.4, -0.2) is 51.7 Å². The van der Waals surface area contributed by atoms with E-state index in [1.165, 1.54) is 4.57 Å². The van der Waals surface area contributed by atoms with Gasteiger partial charge in [0.15, 0.2) is 5.78 Å². The molecule has 3 rings (SSSR count). The van der Waals surface area contributed by atoms with Gasteiger partial charge in [-0.1, -0.05) is 30.3 Å². The molecule has 1 saturated heterocycles. The van der Waals surface area contributed by atoms with Crippen molar-refractivity contribution in [3.63, 3.8) is 0 Å². The number of ketones is 1. The third-order valence-electron chi connectivity index (χ3n) is 5.33. The summed E-state index contributed by atoms with van der Waals surface area (Å²) in [6.45, 7) is 7.16. The SMILES string of the molecule is CCn1c(=O)c(C(=O)CN2CC(C)OCC2C)c(N)n(Cc2ccccc2)c1=O. The van der Waals surface area contributed by atoms with Crippen molar-refractivity contribution in [2.45, 2.75) is 46.0 Å². The summed E-state index contributed by atoms with van der Waals surface area (Å²) in [6, 6.07) is 9.39. The minimum absolute atomic E-state index is 0.00989. The summed E-state index contributed by atoms with van der Waals surface area (Å²) in [5.41, 5.74) is 5.81. The van der Waals surface area contributed by atoms with E-state index in [0.29, 0.717) is 13.2 Å². The predicted molar refractivity (Wildman–Crippen MR) is 111 cm³/mol. The Bertz CT molecular complexity index is 996. The van der Waals surface area contributed by atoms with E-state index in [1.807, 2.05) is 49.1 Å². The molecule has 0 spiro atoms. The molecular weight excluding hydrogens is 372 g/mol. The Hall–Kier alpha value is -2.71. The van der Waals surface area contributed by atoms with Gasteiger partial charge in [-0.15, -0.1) is 0 Å². The van der Waals surface area contributed by atoms with Crippen LogP contribution in [0.3, 0.4) is 0 Å². The van der Waals surface area contributed by atoms with Crippen molar-refractivity contribution in [2.24, 2.45) is 0 Å². The van der Waals surface area contributed by atoms with Crippen LogP contribution in [-0.2, 0) is 17.8 Å². The van der Waals surface area contributed by atoms with Gasteiger partial charge in [-0.3, -0.25) is 23.6 Å². The van der Waals surface area contributed by atoms with Gasteiger partial charge in [0, 0.05) is 19.1 Å². The number of nitrogens with two attached hydrogens (primary N) is 1. The zero-order valence-corrected chi connectivity index (χ0v) is 17.1. The van der Waals surface area contributed by atoms with Crippen LogP contribution >= 0.6 is 0 Å². The van der Waals surface area contributed by atoms with Crippen LogP contribution in [0.1, 0.15) is 36.7 Å². The summed E-state index contributed by atoms with van der Waals surface area (Å²) < 4.78 is 7.98. The van der Waals surface area contributed by atoms with Crippen molar-refractivity contribution in [1.82, 2.24) is 14.0 Å². The highest BCUT2D eigenvalue weighted by atomic mass is 16.5. The molecule has 1 aromatic carbocycles. The largest absolute Gasteiger partial charge is 0.384 e. The third kappa shape index (κ3) is 4.33. The number of nitrogens with zero attached hydrogens (tertiary/aromatic N) is 3. The molecule has 1 fully saturated rings. The summed E-state index contributed by atoms with van der Waals surface area (Å²) in [6.07, 6.45) is 0.00989. The van der Waals surface area contributed by atoms with Crippen molar-refractivity contribution in [2.75, 3.05) is 25.4 Å². The summed E-state index contributed by atoms with van der Waals surface area (Å²) >= 11 is 0. The Kier molecular flexibility index (Phi) is 6.34. The molecule has 8 nitrogen and oxygen atoms in total. The summed E-state index contributed by atoms with van der Waals surface area (Å²) in [5.74, 6) is -0.454. The number of anilines is 1. The molecule has 0 saturated carbocycles. The number of nitrogen functional groups attached to an aromatic ring is 1. The molecule has 2 heterocycles. The number of ether oxygens (including phenoxy) is 1. The highest BCUT2D eigenvalue weighted by Crippen LogP contribution is 2.14. The van der Waals surface area contributed by atoms with E-state index in [4.69, 9.17) is 10.5 Å². The number of hydrogen-bond donors (Lipinski definition) is 1. The second-order valence-electron chi connectivity index (χ2n) is 7.51. The first-order chi connectivity index (χ1) is 13.8. The Morgan fingerprint density at radius 1 is 1.17 bits per heavy atom. The fourth-order valence-corrected chi connectivity index (χ4v) is 3.63. The van der Waals surface area contributed by atoms with Gasteiger partial charge < -0.3 is 10.5 Å². The van der Waals surface area contributed by atoms with E-state index in [-0.39, 0.29) is 48.9 Å². The third-order valence-corrected chi connectivity index (χ3v) is 5.33. The first-order valence-electron chi connectivity index (χ1n) is 9.89. The topological polar surface area (TPSA) is 99.6 Å². The fraction of sp³-hybridized carbons (Fsp3) is 0.476. The van der Waals surface area contributed by atoms with Crippen molar-refractivity contribution in [1.29, 1.82) is 0 Å². The molecular formula is C21H28N4O4. The van der Waals surface area contributed by atoms with Gasteiger partial charge in [-0.05, 0) is 26.3 Å². The van der Waals surface area contributed by atoms with Crippen molar-refractivity contribution in [3.8, 4) is 0 Å². The molecule has 2 unspecified atom stereocenters. The molecule has 1 aromatic heterocycles. The minimum Gasteiger partial charge on any atom is -0.384 e. The normalized spacial score (nSPS) is 20.0. The van der Waals surface area contributed by atoms with Crippen molar-refractivity contribution < 1.29 is 9.53 Å². The maximum atomic E-state index is 13.1. The number of hydrogen-bond acceptors (Lipinski definition) is 6. The molecule has 0 bridgehead atoms. The Labute approximate surface area is 169 Å². The van der Waals surface area contributed by atoms with Gasteiger partial charge in [0.2, 0.25) is 0 Å². The van der Waals surface area contributed by atoms with Gasteiger partial charge in [0.05, 0.1) is 25.8 Å². The van der Waals surface area contributed by atoms with Crippen molar-refractivity contribution in [3.05, 3.63) is 62.3 Å². The van der Waals surface area contributed by atoms with Crippen molar-refractivity contribution >= 4 is 11.6 Å². The smallest absolute Gasteiger partial charge is 0.332 e. The first-order valence-corrected chi connectivity index (χ1v) is 9.89. The summed E-state index contributed by atoms with van der Waals surface area (Å²) in [7, 11) is 0. The van der Waals surface area contributed by atoms with E-state index < -0.39 is 11.2 Å². The highest BCUT2D eigenvalue weighted by Gasteiger charge is 2.29. The maximum Gasteiger partial charge on any atom is 0.332 e. The van der Waals surface area contributed by atoms with Gasteiger partial charge >= 0.3 is 5.69 Å². The van der Waals surface area contributed by atoms with Crippen LogP contribution in [0.5, 0.6) is 0 Å². The lowest BCUT2D eigenvalue weighted by Gasteiger charge is -2.36. The number of morpholine rings is 1. The van der Waals surface area contributed by atoms with E-state index in [2.05, 4.69) is 0 Å². The Morgan fingerprint density at radius 2 is 1.86 bits per heavy atom. The maximum absolute atomic E-state index is 13.1. The molecule has 0 aliphatic carbocycles. The Morgan fingerprint density at radius 3 is 2.52 bits per heavy atom. The molecule has 2 N–H and O–H groups in total.